The molecule has 0 unspecified atom stereocenters. The van der Waals surface area contributed by atoms with Crippen LogP contribution in [0, 0.1) is 5.82 Å². The molecular formula is C14H17FO3S. The first-order valence-corrected chi connectivity index (χ1v) is 7.20. The number of aliphatic carboxylic acids is 1. The van der Waals surface area contributed by atoms with Crippen LogP contribution in [-0.2, 0) is 4.79 Å². The molecule has 1 N–H and O–H groups in total. The van der Waals surface area contributed by atoms with Gasteiger partial charge in [0.2, 0.25) is 0 Å². The van der Waals surface area contributed by atoms with E-state index in [0.717, 1.165) is 24.0 Å². The van der Waals surface area contributed by atoms with Crippen LogP contribution in [0.25, 0.3) is 6.08 Å². The molecule has 0 amide bonds. The smallest absolute Gasteiger partial charge is 0.328 e. The van der Waals surface area contributed by atoms with Gasteiger partial charge in [0.15, 0.2) is 11.6 Å². The fourth-order valence-corrected chi connectivity index (χ4v) is 2.06. The van der Waals surface area contributed by atoms with E-state index in [1.165, 1.54) is 18.2 Å². The summed E-state index contributed by atoms with van der Waals surface area (Å²) < 4.78 is 19.1. The van der Waals surface area contributed by atoms with Crippen LogP contribution in [-0.4, -0.2) is 29.2 Å². The molecule has 0 saturated carbocycles. The zero-order valence-electron chi connectivity index (χ0n) is 10.8. The first-order chi connectivity index (χ1) is 9.15. The Morgan fingerprint density at radius 3 is 3.00 bits per heavy atom. The average molecular weight is 284 g/mol. The Kier molecular flexibility index (Phi) is 7.03. The maximum absolute atomic E-state index is 13.6. The molecule has 0 heterocycles. The molecule has 1 rings (SSSR count). The van der Waals surface area contributed by atoms with Crippen molar-refractivity contribution in [1.29, 1.82) is 0 Å². The Bertz CT molecular complexity index is 446. The molecule has 1 aromatic rings. The summed E-state index contributed by atoms with van der Waals surface area (Å²) in [6.07, 6.45) is 3.13. The van der Waals surface area contributed by atoms with Gasteiger partial charge in [-0.15, -0.1) is 0 Å². The van der Waals surface area contributed by atoms with Gasteiger partial charge in [0.1, 0.15) is 0 Å². The molecule has 0 atom stereocenters. The summed E-state index contributed by atoms with van der Waals surface area (Å²) in [5.41, 5.74) is 0.436. The summed E-state index contributed by atoms with van der Waals surface area (Å²) in [5, 5.41) is 8.58. The Labute approximate surface area is 116 Å². The van der Waals surface area contributed by atoms with Crippen molar-refractivity contribution in [3.05, 3.63) is 35.7 Å². The van der Waals surface area contributed by atoms with E-state index in [4.69, 9.17) is 9.84 Å². The number of thioether (sulfide) groups is 1. The van der Waals surface area contributed by atoms with Crippen LogP contribution >= 0.6 is 11.8 Å². The number of halogens is 1. The van der Waals surface area contributed by atoms with Crippen LogP contribution in [0.1, 0.15) is 18.9 Å². The Balaban J connectivity index is 2.66. The van der Waals surface area contributed by atoms with E-state index in [9.17, 15) is 9.18 Å². The maximum atomic E-state index is 13.6. The van der Waals surface area contributed by atoms with Crippen molar-refractivity contribution >= 4 is 23.8 Å². The van der Waals surface area contributed by atoms with E-state index < -0.39 is 11.8 Å². The largest absolute Gasteiger partial charge is 0.490 e. The predicted octanol–water partition coefficient (Wildman–Crippen LogP) is 3.45. The Morgan fingerprint density at radius 2 is 2.32 bits per heavy atom. The van der Waals surface area contributed by atoms with Crippen molar-refractivity contribution < 1.29 is 19.0 Å². The van der Waals surface area contributed by atoms with E-state index in [1.807, 2.05) is 0 Å². The second kappa shape index (κ2) is 8.58. The van der Waals surface area contributed by atoms with E-state index in [2.05, 4.69) is 6.92 Å². The van der Waals surface area contributed by atoms with Crippen molar-refractivity contribution in [3.63, 3.8) is 0 Å². The van der Waals surface area contributed by atoms with Crippen LogP contribution in [0.15, 0.2) is 24.3 Å². The summed E-state index contributed by atoms with van der Waals surface area (Å²) in [5.74, 6) is 0.573. The second-order valence-electron chi connectivity index (χ2n) is 3.73. The molecule has 0 bridgehead atoms. The van der Waals surface area contributed by atoms with E-state index in [0.29, 0.717) is 12.2 Å². The van der Waals surface area contributed by atoms with Crippen molar-refractivity contribution in [2.45, 2.75) is 13.3 Å². The lowest BCUT2D eigenvalue weighted by atomic mass is 10.2. The Morgan fingerprint density at radius 1 is 1.53 bits per heavy atom. The fraction of sp³-hybridized carbons (Fsp3) is 0.357. The molecule has 0 aliphatic carbocycles. The van der Waals surface area contributed by atoms with Gasteiger partial charge in [-0.25, -0.2) is 9.18 Å². The fourth-order valence-electron chi connectivity index (χ4n) is 1.45. The van der Waals surface area contributed by atoms with E-state index in [-0.39, 0.29) is 5.75 Å². The first-order valence-electron chi connectivity index (χ1n) is 6.05. The zero-order chi connectivity index (χ0) is 14.1. The molecule has 5 heteroatoms. The lowest BCUT2D eigenvalue weighted by Crippen LogP contribution is -2.02. The van der Waals surface area contributed by atoms with Crippen molar-refractivity contribution in [1.82, 2.24) is 0 Å². The SMILES string of the molecule is CCSCCCOc1c(F)cccc1/C=C/C(=O)O. The summed E-state index contributed by atoms with van der Waals surface area (Å²) in [4.78, 5) is 10.5. The number of carboxylic acids is 1. The lowest BCUT2D eigenvalue weighted by Gasteiger charge is -2.10. The number of carboxylic acid groups (broad SMARTS) is 1. The third kappa shape index (κ3) is 5.79. The van der Waals surface area contributed by atoms with Crippen LogP contribution in [0.5, 0.6) is 5.75 Å². The molecule has 3 nitrogen and oxygen atoms in total. The molecule has 0 radical (unpaired) electrons. The highest BCUT2D eigenvalue weighted by Crippen LogP contribution is 2.24. The van der Waals surface area contributed by atoms with Gasteiger partial charge in [-0.2, -0.15) is 11.8 Å². The number of hydrogen-bond donors (Lipinski definition) is 1. The van der Waals surface area contributed by atoms with Crippen LogP contribution in [0.2, 0.25) is 0 Å². The lowest BCUT2D eigenvalue weighted by molar-refractivity contribution is -0.131. The standard InChI is InChI=1S/C14H17FO3S/c1-2-19-10-4-9-18-14-11(7-8-13(16)17)5-3-6-12(14)15/h3,5-8H,2,4,9-10H2,1H3,(H,16,17)/b8-7+. The Hall–Kier alpha value is -1.49. The predicted molar refractivity (Wildman–Crippen MR) is 76.2 cm³/mol. The molecule has 0 saturated heterocycles. The number of carbonyl (C=O) groups is 1. The summed E-state index contributed by atoms with van der Waals surface area (Å²) >= 11 is 1.80. The average Bonchev–Trinajstić information content (AvgIpc) is 2.38. The number of para-hydroxylation sites is 1. The van der Waals surface area contributed by atoms with Gasteiger partial charge < -0.3 is 9.84 Å². The molecular weight excluding hydrogens is 267 g/mol. The second-order valence-corrected chi connectivity index (χ2v) is 5.12. The third-order valence-electron chi connectivity index (χ3n) is 2.29. The van der Waals surface area contributed by atoms with Gasteiger partial charge in [-0.05, 0) is 30.1 Å². The molecule has 0 fully saturated rings. The highest BCUT2D eigenvalue weighted by atomic mass is 32.2. The minimum atomic E-state index is -1.07. The van der Waals surface area contributed by atoms with Crippen molar-refractivity contribution in [2.75, 3.05) is 18.1 Å². The molecule has 0 spiro atoms. The molecule has 104 valence electrons. The van der Waals surface area contributed by atoms with Gasteiger partial charge in [0.05, 0.1) is 6.61 Å². The van der Waals surface area contributed by atoms with Gasteiger partial charge in [-0.3, -0.25) is 0 Å². The van der Waals surface area contributed by atoms with Crippen LogP contribution < -0.4 is 4.74 Å². The number of hydrogen-bond acceptors (Lipinski definition) is 3. The van der Waals surface area contributed by atoms with Crippen molar-refractivity contribution in [3.8, 4) is 5.75 Å². The minimum Gasteiger partial charge on any atom is -0.490 e. The van der Waals surface area contributed by atoms with Crippen LogP contribution in [0.4, 0.5) is 4.39 Å². The number of benzene rings is 1. The maximum Gasteiger partial charge on any atom is 0.328 e. The van der Waals surface area contributed by atoms with Gasteiger partial charge in [0, 0.05) is 11.6 Å². The summed E-state index contributed by atoms with van der Waals surface area (Å²) in [7, 11) is 0. The topological polar surface area (TPSA) is 46.5 Å². The molecule has 19 heavy (non-hydrogen) atoms. The zero-order valence-corrected chi connectivity index (χ0v) is 11.6. The van der Waals surface area contributed by atoms with Crippen LogP contribution in [0.3, 0.4) is 0 Å². The monoisotopic (exact) mass is 284 g/mol. The number of ether oxygens (including phenoxy) is 1. The number of rotatable bonds is 8. The van der Waals surface area contributed by atoms with E-state index in [1.54, 1.807) is 17.8 Å². The summed E-state index contributed by atoms with van der Waals surface area (Å²) in [6, 6.07) is 4.45. The molecule has 0 aliphatic heterocycles. The highest BCUT2D eigenvalue weighted by molar-refractivity contribution is 7.99. The summed E-state index contributed by atoms with van der Waals surface area (Å²) in [6.45, 7) is 2.50. The third-order valence-corrected chi connectivity index (χ3v) is 3.27. The van der Waals surface area contributed by atoms with Gasteiger partial charge in [0.25, 0.3) is 0 Å². The van der Waals surface area contributed by atoms with E-state index >= 15 is 0 Å². The van der Waals surface area contributed by atoms with Gasteiger partial charge in [-0.1, -0.05) is 19.1 Å². The highest BCUT2D eigenvalue weighted by Gasteiger charge is 2.07. The molecule has 0 aliphatic rings. The molecule has 1 aromatic carbocycles. The molecule has 0 aromatic heterocycles. The minimum absolute atomic E-state index is 0.112. The quantitative estimate of drug-likeness (QED) is 0.586. The van der Waals surface area contributed by atoms with Crippen molar-refractivity contribution in [2.24, 2.45) is 0 Å². The van der Waals surface area contributed by atoms with Gasteiger partial charge >= 0.3 is 5.97 Å². The first kappa shape index (κ1) is 15.6. The normalized spacial score (nSPS) is 10.8.